The van der Waals surface area contributed by atoms with Crippen molar-refractivity contribution in [1.29, 1.82) is 0 Å². The molecule has 0 aliphatic heterocycles. The predicted octanol–water partition coefficient (Wildman–Crippen LogP) is 2.87. The van der Waals surface area contributed by atoms with Gasteiger partial charge in [-0.15, -0.1) is 11.3 Å². The SMILES string of the molecule is COC(=O)C(O)c1cc2cccc(Br)c2s1. The summed E-state index contributed by atoms with van der Waals surface area (Å²) < 4.78 is 6.47. The van der Waals surface area contributed by atoms with Gasteiger partial charge in [-0.3, -0.25) is 0 Å². The molecule has 0 aliphatic carbocycles. The molecule has 0 bridgehead atoms. The second-order valence-electron chi connectivity index (χ2n) is 3.23. The number of ether oxygens (including phenoxy) is 1. The predicted molar refractivity (Wildman–Crippen MR) is 66.5 cm³/mol. The van der Waals surface area contributed by atoms with E-state index in [2.05, 4.69) is 20.7 Å². The average Bonchev–Trinajstić information content (AvgIpc) is 2.72. The number of methoxy groups -OCH3 is 1. The molecule has 1 N–H and O–H groups in total. The van der Waals surface area contributed by atoms with Gasteiger partial charge in [0.05, 0.1) is 7.11 Å². The highest BCUT2D eigenvalue weighted by Crippen LogP contribution is 2.34. The first-order chi connectivity index (χ1) is 7.63. The highest BCUT2D eigenvalue weighted by molar-refractivity contribution is 9.10. The van der Waals surface area contributed by atoms with E-state index in [4.69, 9.17) is 0 Å². The van der Waals surface area contributed by atoms with E-state index >= 15 is 0 Å². The number of carbonyl (C=O) groups excluding carboxylic acids is 1. The van der Waals surface area contributed by atoms with Crippen LogP contribution in [0.3, 0.4) is 0 Å². The lowest BCUT2D eigenvalue weighted by molar-refractivity contribution is -0.150. The second-order valence-corrected chi connectivity index (χ2v) is 5.17. The van der Waals surface area contributed by atoms with Gasteiger partial charge in [0.1, 0.15) is 0 Å². The van der Waals surface area contributed by atoms with E-state index in [1.165, 1.54) is 18.4 Å². The molecule has 1 aromatic heterocycles. The van der Waals surface area contributed by atoms with Crippen LogP contribution >= 0.6 is 27.3 Å². The summed E-state index contributed by atoms with van der Waals surface area (Å²) in [7, 11) is 1.26. The third-order valence-corrected chi connectivity index (χ3v) is 4.37. The Morgan fingerprint density at radius 2 is 2.31 bits per heavy atom. The molecule has 2 rings (SSSR count). The van der Waals surface area contributed by atoms with Crippen molar-refractivity contribution in [3.05, 3.63) is 33.6 Å². The Kier molecular flexibility index (Phi) is 3.28. The van der Waals surface area contributed by atoms with Crippen molar-refractivity contribution in [3.63, 3.8) is 0 Å². The lowest BCUT2D eigenvalue weighted by atomic mass is 10.2. The Balaban J connectivity index is 2.47. The molecule has 0 radical (unpaired) electrons. The van der Waals surface area contributed by atoms with Gasteiger partial charge in [0.2, 0.25) is 0 Å². The van der Waals surface area contributed by atoms with Crippen LogP contribution in [0, 0.1) is 0 Å². The maximum Gasteiger partial charge on any atom is 0.340 e. The maximum absolute atomic E-state index is 11.2. The van der Waals surface area contributed by atoms with Gasteiger partial charge in [-0.05, 0) is 33.4 Å². The highest BCUT2D eigenvalue weighted by Gasteiger charge is 2.20. The molecule has 1 aromatic carbocycles. The lowest BCUT2D eigenvalue weighted by Gasteiger charge is -2.04. The zero-order valence-corrected chi connectivity index (χ0v) is 10.8. The number of benzene rings is 1. The van der Waals surface area contributed by atoms with E-state index in [0.717, 1.165) is 14.6 Å². The topological polar surface area (TPSA) is 46.5 Å². The summed E-state index contributed by atoms with van der Waals surface area (Å²) in [4.78, 5) is 11.8. The Morgan fingerprint density at radius 3 is 2.94 bits per heavy atom. The molecule has 5 heteroatoms. The summed E-state index contributed by atoms with van der Waals surface area (Å²) in [5.74, 6) is -0.636. The molecule has 0 saturated carbocycles. The zero-order valence-electron chi connectivity index (χ0n) is 8.44. The molecule has 1 atom stereocenters. The number of esters is 1. The average molecular weight is 301 g/mol. The lowest BCUT2D eigenvalue weighted by Crippen LogP contribution is -2.11. The molecular formula is C11H9BrO3S. The van der Waals surface area contributed by atoms with E-state index in [9.17, 15) is 9.90 Å². The molecule has 84 valence electrons. The van der Waals surface area contributed by atoms with Crippen LogP contribution in [0.15, 0.2) is 28.7 Å². The summed E-state index contributed by atoms with van der Waals surface area (Å²) in [5, 5.41) is 10.7. The molecule has 16 heavy (non-hydrogen) atoms. The van der Waals surface area contributed by atoms with Gasteiger partial charge < -0.3 is 9.84 Å². The van der Waals surface area contributed by atoms with Crippen molar-refractivity contribution < 1.29 is 14.6 Å². The molecule has 3 nitrogen and oxygen atoms in total. The first kappa shape index (κ1) is 11.6. The fourth-order valence-corrected chi connectivity index (χ4v) is 3.07. The number of aliphatic hydroxyl groups is 1. The standard InChI is InChI=1S/C11H9BrO3S/c1-15-11(14)9(13)8-5-6-3-2-4-7(12)10(6)16-8/h2-5,9,13H,1H3. The first-order valence-electron chi connectivity index (χ1n) is 4.57. The van der Waals surface area contributed by atoms with Crippen molar-refractivity contribution in [2.45, 2.75) is 6.10 Å². The third-order valence-electron chi connectivity index (χ3n) is 2.21. The molecule has 2 aromatic rings. The largest absolute Gasteiger partial charge is 0.467 e. The van der Waals surface area contributed by atoms with Crippen LogP contribution in [-0.4, -0.2) is 18.2 Å². The van der Waals surface area contributed by atoms with Gasteiger partial charge in [0.25, 0.3) is 0 Å². The molecule has 0 fully saturated rings. The van der Waals surface area contributed by atoms with Gasteiger partial charge >= 0.3 is 5.97 Å². The fourth-order valence-electron chi connectivity index (χ4n) is 1.41. The fraction of sp³-hybridized carbons (Fsp3) is 0.182. The van der Waals surface area contributed by atoms with Crippen molar-refractivity contribution in [1.82, 2.24) is 0 Å². The molecule has 0 saturated heterocycles. The summed E-state index contributed by atoms with van der Waals surface area (Å²) >= 11 is 4.80. The molecule has 0 amide bonds. The van der Waals surface area contributed by atoms with Crippen LogP contribution in [0.1, 0.15) is 11.0 Å². The zero-order chi connectivity index (χ0) is 11.7. The van der Waals surface area contributed by atoms with Gasteiger partial charge in [-0.2, -0.15) is 0 Å². The Hall–Kier alpha value is -0.910. The monoisotopic (exact) mass is 300 g/mol. The smallest absolute Gasteiger partial charge is 0.340 e. The maximum atomic E-state index is 11.2. The first-order valence-corrected chi connectivity index (χ1v) is 6.18. The quantitative estimate of drug-likeness (QED) is 0.868. The summed E-state index contributed by atoms with van der Waals surface area (Å²) in [6, 6.07) is 7.57. The highest BCUT2D eigenvalue weighted by atomic mass is 79.9. The van der Waals surface area contributed by atoms with E-state index in [1.807, 2.05) is 18.2 Å². The van der Waals surface area contributed by atoms with Crippen LogP contribution in [0.4, 0.5) is 0 Å². The Morgan fingerprint density at radius 1 is 1.56 bits per heavy atom. The normalized spacial score (nSPS) is 12.7. The van der Waals surface area contributed by atoms with Gasteiger partial charge in [-0.1, -0.05) is 12.1 Å². The minimum absolute atomic E-state index is 0.591. The number of carbonyl (C=O) groups is 1. The van der Waals surface area contributed by atoms with E-state index in [-0.39, 0.29) is 0 Å². The number of thiophene rings is 1. The number of rotatable bonds is 2. The Labute approximate surface area is 105 Å². The minimum atomic E-state index is -1.20. The van der Waals surface area contributed by atoms with E-state index in [1.54, 1.807) is 6.07 Å². The van der Waals surface area contributed by atoms with Crippen molar-refractivity contribution in [2.24, 2.45) is 0 Å². The van der Waals surface area contributed by atoms with Gasteiger partial charge in [-0.25, -0.2) is 4.79 Å². The van der Waals surface area contributed by atoms with E-state index < -0.39 is 12.1 Å². The molecule has 1 heterocycles. The number of aliphatic hydroxyl groups excluding tert-OH is 1. The molecular weight excluding hydrogens is 292 g/mol. The van der Waals surface area contributed by atoms with Crippen LogP contribution in [0.2, 0.25) is 0 Å². The summed E-state index contributed by atoms with van der Waals surface area (Å²) in [5.41, 5.74) is 0. The third kappa shape index (κ3) is 1.98. The number of halogens is 1. The van der Waals surface area contributed by atoms with Crippen LogP contribution in [-0.2, 0) is 9.53 Å². The molecule has 1 unspecified atom stereocenters. The summed E-state index contributed by atoms with van der Waals surface area (Å²) in [6.45, 7) is 0. The molecule has 0 aliphatic rings. The van der Waals surface area contributed by atoms with Crippen molar-refractivity contribution >= 4 is 43.3 Å². The van der Waals surface area contributed by atoms with Crippen LogP contribution < -0.4 is 0 Å². The Bertz CT molecular complexity index is 535. The number of fused-ring (bicyclic) bond motifs is 1. The second kappa shape index (κ2) is 4.53. The van der Waals surface area contributed by atoms with Crippen LogP contribution in [0.5, 0.6) is 0 Å². The van der Waals surface area contributed by atoms with Crippen LogP contribution in [0.25, 0.3) is 10.1 Å². The molecule has 0 spiro atoms. The van der Waals surface area contributed by atoms with Gasteiger partial charge in [0, 0.05) is 14.0 Å². The van der Waals surface area contributed by atoms with Crippen molar-refractivity contribution in [3.8, 4) is 0 Å². The minimum Gasteiger partial charge on any atom is -0.467 e. The summed E-state index contributed by atoms with van der Waals surface area (Å²) in [6.07, 6.45) is -1.20. The number of hydrogen-bond donors (Lipinski definition) is 1. The van der Waals surface area contributed by atoms with Crippen molar-refractivity contribution in [2.75, 3.05) is 7.11 Å². The van der Waals surface area contributed by atoms with E-state index in [0.29, 0.717) is 4.88 Å². The number of hydrogen-bond acceptors (Lipinski definition) is 4. The van der Waals surface area contributed by atoms with Gasteiger partial charge in [0.15, 0.2) is 6.10 Å².